The highest BCUT2D eigenvalue weighted by Gasteiger charge is 2.38. The Labute approximate surface area is 336 Å². The molecule has 0 bridgehead atoms. The van der Waals surface area contributed by atoms with Gasteiger partial charge in [0.25, 0.3) is 0 Å². The third kappa shape index (κ3) is 4.62. The second-order valence-electron chi connectivity index (χ2n) is 16.1. The predicted octanol–water partition coefficient (Wildman–Crippen LogP) is 15.3. The second-order valence-corrected chi connectivity index (χ2v) is 16.1. The summed E-state index contributed by atoms with van der Waals surface area (Å²) in [6.45, 7) is 4.71. The lowest BCUT2D eigenvalue weighted by atomic mass is 9.82. The van der Waals surface area contributed by atoms with Gasteiger partial charge in [0.1, 0.15) is 11.2 Å². The maximum absolute atomic E-state index is 6.79. The Morgan fingerprint density at radius 2 is 1.09 bits per heavy atom. The van der Waals surface area contributed by atoms with Crippen molar-refractivity contribution in [1.29, 1.82) is 0 Å². The van der Waals surface area contributed by atoms with Crippen molar-refractivity contribution in [1.82, 2.24) is 4.57 Å². The van der Waals surface area contributed by atoms with Gasteiger partial charge in [0, 0.05) is 54.8 Å². The van der Waals surface area contributed by atoms with Crippen LogP contribution in [0.5, 0.6) is 0 Å². The zero-order chi connectivity index (χ0) is 38.5. The van der Waals surface area contributed by atoms with Crippen molar-refractivity contribution in [3.8, 4) is 27.9 Å². The molecule has 2 aromatic heterocycles. The molecule has 0 atom stereocenters. The molecule has 1 aliphatic rings. The summed E-state index contributed by atoms with van der Waals surface area (Å²) in [6, 6.07) is 70.6. The molecule has 0 radical (unpaired) electrons. The van der Waals surface area contributed by atoms with Crippen molar-refractivity contribution in [2.24, 2.45) is 0 Å². The SMILES string of the molecule is CC1(C)c2ccccc2-c2c(N(c3ccc(-c4cccc5c4oc4c6ccccc6ccc54)cc3)c3cccc4c3c3ccccc3n4-c3ccccc3)cccc21. The van der Waals surface area contributed by atoms with E-state index < -0.39 is 0 Å². The predicted molar refractivity (Wildman–Crippen MR) is 243 cm³/mol. The van der Waals surface area contributed by atoms with Crippen molar-refractivity contribution < 1.29 is 4.42 Å². The Balaban J connectivity index is 1.10. The standard InChI is InChI=1S/C55H38N2O/c1-55(2)45-23-10-8-19-43(45)51-46(55)24-13-26-48(51)57(50-28-14-27-49-52(50)44-20-9-11-25-47(44)56(49)37-16-4-3-5-17-37)38-32-29-36(30-33-38)40-21-12-22-41-42-34-31-35-15-6-7-18-39(35)54(42)58-53(40)41/h3-34H,1-2H3. The Hall–Kier alpha value is -7.36. The summed E-state index contributed by atoms with van der Waals surface area (Å²) in [4.78, 5) is 2.50. The van der Waals surface area contributed by atoms with Gasteiger partial charge in [0.2, 0.25) is 0 Å². The third-order valence-corrected chi connectivity index (χ3v) is 12.6. The first-order valence-electron chi connectivity index (χ1n) is 20.1. The Morgan fingerprint density at radius 1 is 0.448 bits per heavy atom. The van der Waals surface area contributed by atoms with Crippen molar-refractivity contribution in [3.05, 3.63) is 205 Å². The van der Waals surface area contributed by atoms with Crippen molar-refractivity contribution in [2.45, 2.75) is 19.3 Å². The number of nitrogens with zero attached hydrogens (tertiary/aromatic N) is 2. The van der Waals surface area contributed by atoms with Gasteiger partial charge in [-0.2, -0.15) is 0 Å². The number of fused-ring (bicyclic) bond motifs is 11. The number of hydrogen-bond donors (Lipinski definition) is 0. The smallest absolute Gasteiger partial charge is 0.143 e. The molecule has 3 heteroatoms. The number of hydrogen-bond acceptors (Lipinski definition) is 2. The lowest BCUT2D eigenvalue weighted by Crippen LogP contribution is -2.16. The average Bonchev–Trinajstić information content (AvgIpc) is 3.91. The summed E-state index contributed by atoms with van der Waals surface area (Å²) in [7, 11) is 0. The molecule has 12 rings (SSSR count). The van der Waals surface area contributed by atoms with Gasteiger partial charge in [-0.3, -0.25) is 0 Å². The summed E-state index contributed by atoms with van der Waals surface area (Å²) in [6.07, 6.45) is 0. The molecule has 0 N–H and O–H groups in total. The van der Waals surface area contributed by atoms with Crippen LogP contribution in [0.2, 0.25) is 0 Å². The van der Waals surface area contributed by atoms with Crippen LogP contribution >= 0.6 is 0 Å². The highest BCUT2D eigenvalue weighted by Crippen LogP contribution is 2.55. The van der Waals surface area contributed by atoms with Crippen LogP contribution < -0.4 is 4.90 Å². The molecule has 1 aliphatic carbocycles. The lowest BCUT2D eigenvalue weighted by molar-refractivity contribution is 0.660. The van der Waals surface area contributed by atoms with Gasteiger partial charge in [-0.05, 0) is 82.2 Å². The van der Waals surface area contributed by atoms with E-state index in [1.54, 1.807) is 0 Å². The van der Waals surface area contributed by atoms with E-state index in [4.69, 9.17) is 4.42 Å². The summed E-state index contributed by atoms with van der Waals surface area (Å²) in [5.41, 5.74) is 16.1. The minimum atomic E-state index is -0.136. The van der Waals surface area contributed by atoms with E-state index in [0.29, 0.717) is 0 Å². The summed E-state index contributed by atoms with van der Waals surface area (Å²) in [5, 5.41) is 7.02. The number of anilines is 3. The van der Waals surface area contributed by atoms with Crippen molar-refractivity contribution in [3.63, 3.8) is 0 Å². The van der Waals surface area contributed by atoms with Crippen LogP contribution in [0.4, 0.5) is 17.1 Å². The van der Waals surface area contributed by atoms with Gasteiger partial charge in [0.15, 0.2) is 0 Å². The Kier molecular flexibility index (Phi) is 6.98. The maximum Gasteiger partial charge on any atom is 0.143 e. The van der Waals surface area contributed by atoms with Crippen LogP contribution in [0.3, 0.4) is 0 Å². The molecule has 2 heterocycles. The molecule has 274 valence electrons. The van der Waals surface area contributed by atoms with Gasteiger partial charge in [-0.15, -0.1) is 0 Å². The van der Waals surface area contributed by atoms with Crippen LogP contribution in [0.15, 0.2) is 199 Å². The normalized spacial score (nSPS) is 13.1. The summed E-state index contributed by atoms with van der Waals surface area (Å²) < 4.78 is 9.19. The number of para-hydroxylation sites is 3. The Morgan fingerprint density at radius 3 is 1.97 bits per heavy atom. The zero-order valence-electron chi connectivity index (χ0n) is 32.3. The van der Waals surface area contributed by atoms with Crippen LogP contribution in [0.25, 0.3) is 82.5 Å². The summed E-state index contributed by atoms with van der Waals surface area (Å²) >= 11 is 0. The fourth-order valence-corrected chi connectivity index (χ4v) is 9.92. The first kappa shape index (κ1) is 32.8. The molecule has 9 aromatic carbocycles. The minimum Gasteiger partial charge on any atom is -0.455 e. The monoisotopic (exact) mass is 742 g/mol. The van der Waals surface area contributed by atoms with E-state index in [2.05, 4.69) is 217 Å². The lowest BCUT2D eigenvalue weighted by Gasteiger charge is -2.29. The highest BCUT2D eigenvalue weighted by atomic mass is 16.3. The summed E-state index contributed by atoms with van der Waals surface area (Å²) in [5.74, 6) is 0. The molecule has 0 saturated carbocycles. The van der Waals surface area contributed by atoms with Crippen LogP contribution in [-0.2, 0) is 5.41 Å². The van der Waals surface area contributed by atoms with E-state index in [-0.39, 0.29) is 5.41 Å². The molecule has 3 nitrogen and oxygen atoms in total. The van der Waals surface area contributed by atoms with Crippen molar-refractivity contribution >= 4 is 71.6 Å². The molecule has 0 spiro atoms. The van der Waals surface area contributed by atoms with Crippen molar-refractivity contribution in [2.75, 3.05) is 4.90 Å². The fraction of sp³-hybridized carbons (Fsp3) is 0.0545. The molecule has 58 heavy (non-hydrogen) atoms. The van der Waals surface area contributed by atoms with E-state index in [1.165, 1.54) is 55.1 Å². The minimum absolute atomic E-state index is 0.136. The number of furan rings is 1. The zero-order valence-corrected chi connectivity index (χ0v) is 32.3. The van der Waals surface area contributed by atoms with E-state index in [9.17, 15) is 0 Å². The molecule has 11 aromatic rings. The number of benzene rings is 9. The first-order valence-corrected chi connectivity index (χ1v) is 20.1. The number of aromatic nitrogens is 1. The molecular formula is C55H38N2O. The van der Waals surface area contributed by atoms with Gasteiger partial charge < -0.3 is 13.9 Å². The Bertz CT molecular complexity index is 3420. The van der Waals surface area contributed by atoms with E-state index >= 15 is 0 Å². The molecule has 0 fully saturated rings. The second kappa shape index (κ2) is 12.3. The number of rotatable bonds is 5. The fourth-order valence-electron chi connectivity index (χ4n) is 9.92. The molecule has 0 amide bonds. The quantitative estimate of drug-likeness (QED) is 0.175. The molecule has 0 unspecified atom stereocenters. The molecule has 0 saturated heterocycles. The average molecular weight is 743 g/mol. The van der Waals surface area contributed by atoms with Crippen LogP contribution in [0, 0.1) is 0 Å². The van der Waals surface area contributed by atoms with Crippen LogP contribution in [-0.4, -0.2) is 4.57 Å². The van der Waals surface area contributed by atoms with E-state index in [1.807, 2.05) is 0 Å². The van der Waals surface area contributed by atoms with Gasteiger partial charge in [0.05, 0.1) is 22.4 Å². The van der Waals surface area contributed by atoms with Gasteiger partial charge in [-0.25, -0.2) is 0 Å². The van der Waals surface area contributed by atoms with E-state index in [0.717, 1.165) is 55.5 Å². The third-order valence-electron chi connectivity index (χ3n) is 12.6. The van der Waals surface area contributed by atoms with Gasteiger partial charge in [-0.1, -0.05) is 153 Å². The molecule has 0 aliphatic heterocycles. The first-order chi connectivity index (χ1) is 28.6. The van der Waals surface area contributed by atoms with Gasteiger partial charge >= 0.3 is 0 Å². The molecular weight excluding hydrogens is 705 g/mol. The topological polar surface area (TPSA) is 21.3 Å². The maximum atomic E-state index is 6.79. The largest absolute Gasteiger partial charge is 0.455 e. The highest BCUT2D eigenvalue weighted by molar-refractivity contribution is 6.18. The van der Waals surface area contributed by atoms with Crippen LogP contribution in [0.1, 0.15) is 25.0 Å².